The molecular weight excluding hydrogens is 386 g/mol. The molecule has 0 aliphatic carbocycles. The lowest BCUT2D eigenvalue weighted by atomic mass is 9.82. The third kappa shape index (κ3) is 4.45. The Bertz CT molecular complexity index is 1010. The maximum absolute atomic E-state index is 13.0. The smallest absolute Gasteiger partial charge is 0.337 e. The molecule has 0 saturated heterocycles. The number of nitrogens with zero attached hydrogens (tertiary/aromatic N) is 1. The van der Waals surface area contributed by atoms with E-state index in [1.54, 1.807) is 6.92 Å². The van der Waals surface area contributed by atoms with Crippen LogP contribution < -0.4 is 10.9 Å². The van der Waals surface area contributed by atoms with Crippen LogP contribution in [0.5, 0.6) is 0 Å². The van der Waals surface area contributed by atoms with Crippen LogP contribution in [-0.4, -0.2) is 28.3 Å². The summed E-state index contributed by atoms with van der Waals surface area (Å²) in [6, 6.07) is 7.79. The van der Waals surface area contributed by atoms with Crippen molar-refractivity contribution in [3.05, 3.63) is 75.2 Å². The number of fused-ring (bicyclic) bond motifs is 1. The number of rotatable bonds is 7. The summed E-state index contributed by atoms with van der Waals surface area (Å²) in [4.78, 5) is 33.4. The number of H-pyrrole nitrogens is 1. The maximum atomic E-state index is 13.0. The van der Waals surface area contributed by atoms with Gasteiger partial charge in [-0.1, -0.05) is 61.2 Å². The number of benzene rings is 1. The van der Waals surface area contributed by atoms with E-state index in [0.717, 1.165) is 23.3 Å². The van der Waals surface area contributed by atoms with Gasteiger partial charge in [-0.2, -0.15) is 0 Å². The highest BCUT2D eigenvalue weighted by molar-refractivity contribution is 7.99. The van der Waals surface area contributed by atoms with E-state index in [1.165, 1.54) is 17.8 Å². The minimum atomic E-state index is -0.564. The molecule has 2 aromatic rings. The fraction of sp³-hybridized carbons (Fsp3) is 0.318. The Morgan fingerprint density at radius 3 is 2.69 bits per heavy atom. The molecule has 0 amide bonds. The van der Waals surface area contributed by atoms with E-state index in [9.17, 15) is 9.59 Å². The highest BCUT2D eigenvalue weighted by Crippen LogP contribution is 2.40. The number of hydrogen-bond donors (Lipinski definition) is 2. The molecule has 1 aliphatic rings. The van der Waals surface area contributed by atoms with Gasteiger partial charge in [-0.15, -0.1) is 0 Å². The van der Waals surface area contributed by atoms with Crippen molar-refractivity contribution in [1.29, 1.82) is 0 Å². The van der Waals surface area contributed by atoms with E-state index in [1.807, 2.05) is 31.2 Å². The molecule has 6 nitrogen and oxygen atoms in total. The van der Waals surface area contributed by atoms with Gasteiger partial charge in [0.1, 0.15) is 12.4 Å². The average Bonchev–Trinajstić information content (AvgIpc) is 2.70. The maximum Gasteiger partial charge on any atom is 0.337 e. The molecule has 0 spiro atoms. The second kappa shape index (κ2) is 9.13. The Hall–Kier alpha value is -2.80. The van der Waals surface area contributed by atoms with Gasteiger partial charge in [0.25, 0.3) is 5.56 Å². The van der Waals surface area contributed by atoms with Gasteiger partial charge in [-0.3, -0.25) is 4.79 Å². The lowest BCUT2D eigenvalue weighted by Gasteiger charge is -2.28. The zero-order valence-electron chi connectivity index (χ0n) is 16.9. The van der Waals surface area contributed by atoms with Gasteiger partial charge in [-0.05, 0) is 25.8 Å². The molecule has 0 fully saturated rings. The normalized spacial score (nSPS) is 15.5. The SMILES string of the molecule is C=CCOC(=O)C1=C(C)Nc2nc(SCCC)[nH]c(=O)c2[C@@H]1c1ccc(C)cc1. The number of aryl methyl sites for hydroxylation is 1. The first-order valence-corrected chi connectivity index (χ1v) is 10.5. The van der Waals surface area contributed by atoms with Gasteiger partial charge in [-0.25, -0.2) is 9.78 Å². The summed E-state index contributed by atoms with van der Waals surface area (Å²) in [5, 5.41) is 3.71. The number of nitrogens with one attached hydrogen (secondary N) is 2. The Labute approximate surface area is 174 Å². The van der Waals surface area contributed by atoms with Crippen molar-refractivity contribution in [3.8, 4) is 0 Å². The fourth-order valence-electron chi connectivity index (χ4n) is 3.27. The molecule has 1 aromatic carbocycles. The monoisotopic (exact) mass is 411 g/mol. The minimum absolute atomic E-state index is 0.101. The van der Waals surface area contributed by atoms with Gasteiger partial charge >= 0.3 is 5.97 Å². The summed E-state index contributed by atoms with van der Waals surface area (Å²) in [6.07, 6.45) is 2.49. The topological polar surface area (TPSA) is 84.1 Å². The van der Waals surface area contributed by atoms with Crippen LogP contribution in [0.3, 0.4) is 0 Å². The van der Waals surface area contributed by atoms with Crippen molar-refractivity contribution < 1.29 is 9.53 Å². The van der Waals surface area contributed by atoms with Gasteiger partial charge < -0.3 is 15.0 Å². The molecule has 1 aliphatic heterocycles. The number of ether oxygens (including phenoxy) is 1. The molecule has 1 aromatic heterocycles. The Balaban J connectivity index is 2.15. The third-order valence-electron chi connectivity index (χ3n) is 4.63. The van der Waals surface area contributed by atoms with Gasteiger partial charge in [0, 0.05) is 11.4 Å². The minimum Gasteiger partial charge on any atom is -0.458 e. The lowest BCUT2D eigenvalue weighted by Crippen LogP contribution is -2.31. The van der Waals surface area contributed by atoms with E-state index < -0.39 is 11.9 Å². The van der Waals surface area contributed by atoms with Crippen molar-refractivity contribution in [2.24, 2.45) is 0 Å². The number of allylic oxidation sites excluding steroid dienone is 1. The first kappa shape index (κ1) is 20.9. The van der Waals surface area contributed by atoms with Gasteiger partial charge in [0.15, 0.2) is 5.16 Å². The number of hydrogen-bond acceptors (Lipinski definition) is 6. The molecule has 0 saturated carbocycles. The molecule has 0 radical (unpaired) electrons. The Morgan fingerprint density at radius 2 is 2.03 bits per heavy atom. The zero-order chi connectivity index (χ0) is 21.0. The third-order valence-corrected chi connectivity index (χ3v) is 5.71. The van der Waals surface area contributed by atoms with Crippen LogP contribution in [0.4, 0.5) is 5.82 Å². The Morgan fingerprint density at radius 1 is 1.31 bits per heavy atom. The lowest BCUT2D eigenvalue weighted by molar-refractivity contribution is -0.138. The van der Waals surface area contributed by atoms with Crippen molar-refractivity contribution in [2.75, 3.05) is 17.7 Å². The van der Waals surface area contributed by atoms with Crippen LogP contribution in [0, 0.1) is 6.92 Å². The van der Waals surface area contributed by atoms with Crippen molar-refractivity contribution in [2.45, 2.75) is 38.3 Å². The van der Waals surface area contributed by atoms with Crippen molar-refractivity contribution in [3.63, 3.8) is 0 Å². The molecule has 2 N–H and O–H groups in total. The number of aromatic amines is 1. The molecule has 2 heterocycles. The predicted molar refractivity (Wildman–Crippen MR) is 116 cm³/mol. The highest BCUT2D eigenvalue weighted by atomic mass is 32.2. The average molecular weight is 412 g/mol. The molecule has 0 unspecified atom stereocenters. The number of carbonyl (C=O) groups is 1. The summed E-state index contributed by atoms with van der Waals surface area (Å²) in [7, 11) is 0. The molecule has 1 atom stereocenters. The van der Waals surface area contributed by atoms with Crippen LogP contribution in [0.1, 0.15) is 42.9 Å². The quantitative estimate of drug-likeness (QED) is 0.308. The van der Waals surface area contributed by atoms with Crippen LogP contribution in [0.15, 0.2) is 58.1 Å². The number of carbonyl (C=O) groups excluding carboxylic acids is 1. The standard InChI is InChI=1S/C22H25N3O3S/c1-5-11-28-21(27)16-14(4)23-19-18(17(16)15-9-7-13(3)8-10-15)20(26)25-22(24-19)29-12-6-2/h5,7-10,17H,1,6,11-12H2,2-4H3,(H2,23,24,25,26)/t17-/m1/s1. The van der Waals surface area contributed by atoms with Crippen LogP contribution >= 0.6 is 11.8 Å². The predicted octanol–water partition coefficient (Wildman–Crippen LogP) is 4.14. The summed E-state index contributed by atoms with van der Waals surface area (Å²) in [6.45, 7) is 9.56. The van der Waals surface area contributed by atoms with E-state index in [2.05, 4.69) is 28.8 Å². The van der Waals surface area contributed by atoms with E-state index in [4.69, 9.17) is 4.74 Å². The summed E-state index contributed by atoms with van der Waals surface area (Å²) < 4.78 is 5.32. The molecule has 7 heteroatoms. The van der Waals surface area contributed by atoms with E-state index in [0.29, 0.717) is 27.8 Å². The first-order valence-electron chi connectivity index (χ1n) is 9.55. The Kier molecular flexibility index (Phi) is 6.59. The van der Waals surface area contributed by atoms with Crippen molar-refractivity contribution >= 4 is 23.5 Å². The van der Waals surface area contributed by atoms with E-state index >= 15 is 0 Å². The number of esters is 1. The van der Waals surface area contributed by atoms with Crippen molar-refractivity contribution in [1.82, 2.24) is 9.97 Å². The van der Waals surface area contributed by atoms with E-state index in [-0.39, 0.29) is 12.2 Å². The molecule has 29 heavy (non-hydrogen) atoms. The van der Waals surface area contributed by atoms with Crippen LogP contribution in [0.25, 0.3) is 0 Å². The van der Waals surface area contributed by atoms with Crippen LogP contribution in [0.2, 0.25) is 0 Å². The summed E-state index contributed by atoms with van der Waals surface area (Å²) >= 11 is 1.50. The van der Waals surface area contributed by atoms with Gasteiger partial charge in [0.2, 0.25) is 0 Å². The summed E-state index contributed by atoms with van der Waals surface area (Å²) in [5.41, 5.74) is 3.13. The zero-order valence-corrected chi connectivity index (χ0v) is 17.7. The molecule has 3 rings (SSSR count). The highest BCUT2D eigenvalue weighted by Gasteiger charge is 2.36. The molecular formula is C22H25N3O3S. The number of anilines is 1. The van der Waals surface area contributed by atoms with Crippen LogP contribution in [-0.2, 0) is 9.53 Å². The molecule has 152 valence electrons. The number of aromatic nitrogens is 2. The summed E-state index contributed by atoms with van der Waals surface area (Å²) in [5.74, 6) is 0.299. The fourth-order valence-corrected chi connectivity index (χ4v) is 3.99. The number of thioether (sulfide) groups is 1. The first-order chi connectivity index (χ1) is 14.0. The van der Waals surface area contributed by atoms with Gasteiger partial charge in [0.05, 0.1) is 17.1 Å². The molecule has 0 bridgehead atoms. The second-order valence-electron chi connectivity index (χ2n) is 6.88. The largest absolute Gasteiger partial charge is 0.458 e. The second-order valence-corrected chi connectivity index (χ2v) is 7.96.